The number of hydrogen-bond donors (Lipinski definition) is 0. The van der Waals surface area contributed by atoms with E-state index in [9.17, 15) is 0 Å². The third kappa shape index (κ3) is 1.30. The van der Waals surface area contributed by atoms with E-state index in [1.54, 1.807) is 0 Å². The second kappa shape index (κ2) is 2.46. The molecule has 2 heteroatoms. The molecule has 0 bridgehead atoms. The molecule has 2 fully saturated rings. The smallest absolute Gasteiger partial charge is 0.0627 e. The predicted molar refractivity (Wildman–Crippen MR) is 44.5 cm³/mol. The van der Waals surface area contributed by atoms with Crippen LogP contribution in [0.5, 0.6) is 0 Å². The Morgan fingerprint density at radius 1 is 1.27 bits per heavy atom. The number of rotatable bonds is 1. The largest absolute Gasteiger partial charge is 0.375 e. The van der Waals surface area contributed by atoms with Crippen LogP contribution < -0.4 is 0 Å². The monoisotopic (exact) mass is 155 g/mol. The number of hydrogen-bond acceptors (Lipinski definition) is 2. The van der Waals surface area contributed by atoms with E-state index >= 15 is 0 Å². The van der Waals surface area contributed by atoms with E-state index < -0.39 is 0 Å². The molecule has 0 aromatic rings. The van der Waals surface area contributed by atoms with E-state index in [1.807, 2.05) is 0 Å². The van der Waals surface area contributed by atoms with Crippen LogP contribution >= 0.6 is 0 Å². The summed E-state index contributed by atoms with van der Waals surface area (Å²) in [5.41, 5.74) is 0. The van der Waals surface area contributed by atoms with Gasteiger partial charge in [0.15, 0.2) is 0 Å². The summed E-state index contributed by atoms with van der Waals surface area (Å²) in [7, 11) is 4.36. The highest BCUT2D eigenvalue weighted by Gasteiger charge is 2.49. The Morgan fingerprint density at radius 2 is 2.00 bits per heavy atom. The highest BCUT2D eigenvalue weighted by Crippen LogP contribution is 2.44. The van der Waals surface area contributed by atoms with Crippen molar-refractivity contribution < 1.29 is 4.74 Å². The highest BCUT2D eigenvalue weighted by molar-refractivity contribution is 5.00. The fraction of sp³-hybridized carbons (Fsp3) is 1.00. The second-order valence-corrected chi connectivity index (χ2v) is 4.15. The molecule has 1 saturated carbocycles. The van der Waals surface area contributed by atoms with Gasteiger partial charge in [-0.3, -0.25) is 0 Å². The molecule has 0 amide bonds. The molecular weight excluding hydrogens is 138 g/mol. The Balaban J connectivity index is 1.99. The van der Waals surface area contributed by atoms with E-state index in [4.69, 9.17) is 4.74 Å². The van der Waals surface area contributed by atoms with Gasteiger partial charge in [0.25, 0.3) is 0 Å². The molecule has 1 heterocycles. The Hall–Kier alpha value is -0.0800. The summed E-state index contributed by atoms with van der Waals surface area (Å²) >= 11 is 0. The molecule has 0 radical (unpaired) electrons. The SMILES string of the molecule is CC1CC(N(C)C)C2CC2O1. The third-order valence-electron chi connectivity index (χ3n) is 2.92. The van der Waals surface area contributed by atoms with Gasteiger partial charge in [-0.2, -0.15) is 0 Å². The summed E-state index contributed by atoms with van der Waals surface area (Å²) in [5.74, 6) is 0.848. The Kier molecular flexibility index (Phi) is 1.69. The van der Waals surface area contributed by atoms with Crippen molar-refractivity contribution >= 4 is 0 Å². The number of nitrogens with zero attached hydrogens (tertiary/aromatic N) is 1. The van der Waals surface area contributed by atoms with Crippen molar-refractivity contribution in [3.63, 3.8) is 0 Å². The number of fused-ring (bicyclic) bond motifs is 1. The summed E-state index contributed by atoms with van der Waals surface area (Å²) in [6.45, 7) is 2.19. The predicted octanol–water partition coefficient (Wildman–Crippen LogP) is 1.11. The van der Waals surface area contributed by atoms with Crippen molar-refractivity contribution in [1.29, 1.82) is 0 Å². The molecule has 0 aromatic heterocycles. The summed E-state index contributed by atoms with van der Waals surface area (Å²) in [6.07, 6.45) is 3.60. The van der Waals surface area contributed by atoms with E-state index in [2.05, 4.69) is 25.9 Å². The molecular formula is C9H17NO. The zero-order valence-corrected chi connectivity index (χ0v) is 7.58. The van der Waals surface area contributed by atoms with Crippen molar-refractivity contribution in [2.75, 3.05) is 14.1 Å². The molecule has 11 heavy (non-hydrogen) atoms. The van der Waals surface area contributed by atoms with Crippen LogP contribution in [0.2, 0.25) is 0 Å². The molecule has 2 rings (SSSR count). The van der Waals surface area contributed by atoms with Crippen LogP contribution in [-0.4, -0.2) is 37.2 Å². The lowest BCUT2D eigenvalue weighted by atomic mass is 10.0. The Bertz CT molecular complexity index is 158. The van der Waals surface area contributed by atoms with Crippen LogP contribution in [-0.2, 0) is 4.74 Å². The fourth-order valence-corrected chi connectivity index (χ4v) is 2.21. The summed E-state index contributed by atoms with van der Waals surface area (Å²) in [5, 5.41) is 0. The van der Waals surface area contributed by atoms with Crippen molar-refractivity contribution in [2.45, 2.75) is 38.0 Å². The quantitative estimate of drug-likeness (QED) is 0.562. The van der Waals surface area contributed by atoms with E-state index in [1.165, 1.54) is 12.8 Å². The molecule has 1 aliphatic carbocycles. The van der Waals surface area contributed by atoms with Gasteiger partial charge in [-0.15, -0.1) is 0 Å². The standard InChI is InChI=1S/C9H17NO/c1-6-4-8(10(2)3)7-5-9(7)11-6/h6-9H,4-5H2,1-3H3. The van der Waals surface area contributed by atoms with E-state index in [0.717, 1.165) is 12.0 Å². The molecule has 4 unspecified atom stereocenters. The summed E-state index contributed by atoms with van der Waals surface area (Å²) in [4.78, 5) is 2.35. The summed E-state index contributed by atoms with van der Waals surface area (Å²) in [6, 6.07) is 0.781. The molecule has 2 aliphatic rings. The van der Waals surface area contributed by atoms with Gasteiger partial charge in [-0.05, 0) is 33.9 Å². The normalized spacial score (nSPS) is 49.1. The first-order chi connectivity index (χ1) is 5.18. The molecule has 2 nitrogen and oxygen atoms in total. The van der Waals surface area contributed by atoms with Crippen LogP contribution in [0.25, 0.3) is 0 Å². The van der Waals surface area contributed by atoms with Crippen LogP contribution in [0, 0.1) is 5.92 Å². The van der Waals surface area contributed by atoms with Crippen LogP contribution in [0.15, 0.2) is 0 Å². The molecule has 1 saturated heterocycles. The van der Waals surface area contributed by atoms with Gasteiger partial charge >= 0.3 is 0 Å². The van der Waals surface area contributed by atoms with E-state index in [-0.39, 0.29) is 0 Å². The maximum atomic E-state index is 5.71. The maximum absolute atomic E-state index is 5.71. The van der Waals surface area contributed by atoms with Crippen LogP contribution in [0.4, 0.5) is 0 Å². The Labute approximate surface area is 68.5 Å². The van der Waals surface area contributed by atoms with Crippen LogP contribution in [0.1, 0.15) is 19.8 Å². The minimum Gasteiger partial charge on any atom is -0.375 e. The first-order valence-electron chi connectivity index (χ1n) is 4.50. The van der Waals surface area contributed by atoms with Crippen molar-refractivity contribution in [2.24, 2.45) is 5.92 Å². The first-order valence-corrected chi connectivity index (χ1v) is 4.50. The zero-order valence-electron chi connectivity index (χ0n) is 7.58. The first kappa shape index (κ1) is 7.56. The van der Waals surface area contributed by atoms with Gasteiger partial charge in [-0.25, -0.2) is 0 Å². The van der Waals surface area contributed by atoms with Gasteiger partial charge in [0.2, 0.25) is 0 Å². The van der Waals surface area contributed by atoms with Gasteiger partial charge in [0.05, 0.1) is 12.2 Å². The van der Waals surface area contributed by atoms with Gasteiger partial charge in [-0.1, -0.05) is 0 Å². The molecule has 1 aliphatic heterocycles. The summed E-state index contributed by atoms with van der Waals surface area (Å²) < 4.78 is 5.71. The third-order valence-corrected chi connectivity index (χ3v) is 2.92. The van der Waals surface area contributed by atoms with E-state index in [0.29, 0.717) is 12.2 Å². The lowest BCUT2D eigenvalue weighted by molar-refractivity contribution is -0.0169. The van der Waals surface area contributed by atoms with Gasteiger partial charge < -0.3 is 9.64 Å². The average Bonchev–Trinajstić information content (AvgIpc) is 2.63. The van der Waals surface area contributed by atoms with Crippen molar-refractivity contribution in [1.82, 2.24) is 4.90 Å². The fourth-order valence-electron chi connectivity index (χ4n) is 2.21. The topological polar surface area (TPSA) is 12.5 Å². The molecule has 4 atom stereocenters. The highest BCUT2D eigenvalue weighted by atomic mass is 16.5. The van der Waals surface area contributed by atoms with Gasteiger partial charge in [0.1, 0.15) is 0 Å². The number of ether oxygens (including phenoxy) is 1. The molecule has 64 valence electrons. The van der Waals surface area contributed by atoms with Crippen molar-refractivity contribution in [3.05, 3.63) is 0 Å². The van der Waals surface area contributed by atoms with Crippen molar-refractivity contribution in [3.8, 4) is 0 Å². The maximum Gasteiger partial charge on any atom is 0.0627 e. The molecule has 0 spiro atoms. The second-order valence-electron chi connectivity index (χ2n) is 4.15. The Morgan fingerprint density at radius 3 is 2.64 bits per heavy atom. The average molecular weight is 155 g/mol. The minimum atomic E-state index is 0.478. The minimum absolute atomic E-state index is 0.478. The lowest BCUT2D eigenvalue weighted by Crippen LogP contribution is -2.38. The van der Waals surface area contributed by atoms with Gasteiger partial charge in [0, 0.05) is 12.0 Å². The molecule has 0 N–H and O–H groups in total. The zero-order chi connectivity index (χ0) is 8.01. The lowest BCUT2D eigenvalue weighted by Gasteiger charge is -2.31. The molecule has 0 aromatic carbocycles. The van der Waals surface area contributed by atoms with Crippen LogP contribution in [0.3, 0.4) is 0 Å².